The lowest BCUT2D eigenvalue weighted by Gasteiger charge is -2.09. The topological polar surface area (TPSA) is 26.3 Å². The van der Waals surface area contributed by atoms with E-state index < -0.39 is 0 Å². The van der Waals surface area contributed by atoms with Crippen molar-refractivity contribution in [1.29, 1.82) is 0 Å². The number of ether oxygens (including phenoxy) is 1. The fraction of sp³-hybridized carbons (Fsp3) is 0.667. The molecule has 0 aliphatic rings. The first-order valence-electron chi connectivity index (χ1n) is 4.03. The van der Waals surface area contributed by atoms with Gasteiger partial charge in [-0.2, -0.15) is 0 Å². The number of hydrogen-bond donors (Lipinski definition) is 0. The second-order valence-electron chi connectivity index (χ2n) is 2.50. The summed E-state index contributed by atoms with van der Waals surface area (Å²) in [5.74, 6) is -0.219. The number of carbonyl (C=O) groups excluding carboxylic acids is 1. The molecule has 2 heteroatoms. The molecule has 0 fully saturated rings. The van der Waals surface area contributed by atoms with Crippen molar-refractivity contribution in [2.45, 2.75) is 39.2 Å². The van der Waals surface area contributed by atoms with Crippen LogP contribution in [0.15, 0.2) is 0 Å². The molecule has 2 radical (unpaired) electrons. The van der Waals surface area contributed by atoms with E-state index in [4.69, 9.17) is 4.74 Å². The molecule has 64 valence electrons. The van der Waals surface area contributed by atoms with E-state index in [1.54, 1.807) is 6.42 Å². The van der Waals surface area contributed by atoms with Crippen LogP contribution in [0.3, 0.4) is 0 Å². The largest absolute Gasteiger partial charge is 0.462 e. The Balaban J connectivity index is 3.36. The van der Waals surface area contributed by atoms with Crippen LogP contribution in [0.25, 0.3) is 0 Å². The molecule has 0 aliphatic carbocycles. The van der Waals surface area contributed by atoms with Crippen molar-refractivity contribution in [3.63, 3.8) is 0 Å². The van der Waals surface area contributed by atoms with Crippen molar-refractivity contribution < 1.29 is 9.53 Å². The highest BCUT2D eigenvalue weighted by Gasteiger charge is 2.06. The number of unbranched alkanes of at least 4 members (excludes halogenated alkanes) is 1. The highest BCUT2D eigenvalue weighted by atomic mass is 16.5. The van der Waals surface area contributed by atoms with E-state index in [0.717, 1.165) is 12.8 Å². The third-order valence-electron chi connectivity index (χ3n) is 1.41. The Hall–Kier alpha value is -0.530. The van der Waals surface area contributed by atoms with Crippen LogP contribution in [0, 0.1) is 13.3 Å². The molecule has 0 bridgehead atoms. The highest BCUT2D eigenvalue weighted by molar-refractivity contribution is 5.78. The van der Waals surface area contributed by atoms with E-state index in [0.29, 0.717) is 6.42 Å². The Labute approximate surface area is 68.9 Å². The van der Waals surface area contributed by atoms with Gasteiger partial charge in [0, 0.05) is 0 Å². The zero-order valence-corrected chi connectivity index (χ0v) is 7.30. The minimum atomic E-state index is -0.219. The van der Waals surface area contributed by atoms with Crippen molar-refractivity contribution in [3.05, 3.63) is 13.3 Å². The van der Waals surface area contributed by atoms with Gasteiger partial charge in [-0.25, -0.2) is 0 Å². The molecule has 0 amide bonds. The minimum absolute atomic E-state index is 0.0311. The molecule has 1 atom stereocenters. The minimum Gasteiger partial charge on any atom is -0.462 e. The summed E-state index contributed by atoms with van der Waals surface area (Å²) in [6.07, 6.45) is 3.89. The molecule has 0 rings (SSSR count). The molecule has 0 aliphatic heterocycles. The fourth-order valence-electron chi connectivity index (χ4n) is 0.550. The molecule has 1 unspecified atom stereocenters. The Morgan fingerprint density at radius 3 is 2.82 bits per heavy atom. The summed E-state index contributed by atoms with van der Waals surface area (Å²) in [6, 6.07) is 0. The molecule has 0 spiro atoms. The predicted octanol–water partition coefficient (Wildman–Crippen LogP) is 2.15. The number of carbonyl (C=O) groups is 1. The smallest absolute Gasteiger partial charge is 0.310 e. The standard InChI is InChI=1S/C9H16O2/c1-4-6-7-9(10)11-8(3)5-2/h7-8H,1,4-6H2,2-3H3. The third-order valence-corrected chi connectivity index (χ3v) is 1.41. The van der Waals surface area contributed by atoms with E-state index in [-0.39, 0.29) is 12.1 Å². The summed E-state index contributed by atoms with van der Waals surface area (Å²) in [7, 11) is 0. The van der Waals surface area contributed by atoms with E-state index >= 15 is 0 Å². The van der Waals surface area contributed by atoms with Crippen LogP contribution >= 0.6 is 0 Å². The van der Waals surface area contributed by atoms with Crippen LogP contribution in [0.2, 0.25) is 0 Å². The van der Waals surface area contributed by atoms with Gasteiger partial charge in [0.05, 0.1) is 12.5 Å². The van der Waals surface area contributed by atoms with Crippen molar-refractivity contribution in [3.8, 4) is 0 Å². The SMILES string of the molecule is [CH2]CC[CH]C(=O)OC(C)CC. The molecule has 0 aromatic rings. The quantitative estimate of drug-likeness (QED) is 0.570. The predicted molar refractivity (Wildman–Crippen MR) is 44.7 cm³/mol. The van der Waals surface area contributed by atoms with Crippen molar-refractivity contribution in [1.82, 2.24) is 0 Å². The zero-order valence-electron chi connectivity index (χ0n) is 7.30. The first-order valence-corrected chi connectivity index (χ1v) is 4.03. The maximum Gasteiger partial charge on any atom is 0.310 e. The summed E-state index contributed by atoms with van der Waals surface area (Å²) >= 11 is 0. The maximum atomic E-state index is 10.9. The van der Waals surface area contributed by atoms with Crippen LogP contribution in [0.1, 0.15) is 33.1 Å². The summed E-state index contributed by atoms with van der Waals surface area (Å²) in [6.45, 7) is 7.49. The number of esters is 1. The van der Waals surface area contributed by atoms with Crippen LogP contribution < -0.4 is 0 Å². The third kappa shape index (κ3) is 5.89. The second kappa shape index (κ2) is 6.20. The van der Waals surface area contributed by atoms with Gasteiger partial charge in [-0.1, -0.05) is 20.3 Å². The molecule has 0 aromatic carbocycles. The molecule has 0 saturated carbocycles. The number of hydrogen-bond acceptors (Lipinski definition) is 2. The van der Waals surface area contributed by atoms with Crippen molar-refractivity contribution >= 4 is 5.97 Å². The molecule has 11 heavy (non-hydrogen) atoms. The summed E-state index contributed by atoms with van der Waals surface area (Å²) in [5, 5.41) is 0. The maximum absolute atomic E-state index is 10.9. The van der Waals surface area contributed by atoms with Gasteiger partial charge in [0.15, 0.2) is 0 Å². The second-order valence-corrected chi connectivity index (χ2v) is 2.50. The van der Waals surface area contributed by atoms with E-state index in [1.165, 1.54) is 0 Å². The normalized spacial score (nSPS) is 12.6. The highest BCUT2D eigenvalue weighted by Crippen LogP contribution is 2.00. The van der Waals surface area contributed by atoms with E-state index in [9.17, 15) is 4.79 Å². The van der Waals surface area contributed by atoms with E-state index in [2.05, 4.69) is 6.92 Å². The van der Waals surface area contributed by atoms with Crippen molar-refractivity contribution in [2.75, 3.05) is 0 Å². The summed E-state index contributed by atoms with van der Waals surface area (Å²) < 4.78 is 4.98. The van der Waals surface area contributed by atoms with Gasteiger partial charge in [0.2, 0.25) is 0 Å². The average molecular weight is 156 g/mol. The molecule has 0 heterocycles. The first kappa shape index (κ1) is 10.5. The Morgan fingerprint density at radius 2 is 2.36 bits per heavy atom. The van der Waals surface area contributed by atoms with Gasteiger partial charge >= 0.3 is 5.97 Å². The first-order chi connectivity index (χ1) is 5.20. The monoisotopic (exact) mass is 156 g/mol. The van der Waals surface area contributed by atoms with Gasteiger partial charge < -0.3 is 4.74 Å². The summed E-state index contributed by atoms with van der Waals surface area (Å²) in [5.41, 5.74) is 0. The number of rotatable bonds is 5. The molecular weight excluding hydrogens is 140 g/mol. The molecule has 0 N–H and O–H groups in total. The fourth-order valence-corrected chi connectivity index (χ4v) is 0.550. The van der Waals surface area contributed by atoms with Crippen LogP contribution in [-0.4, -0.2) is 12.1 Å². The van der Waals surface area contributed by atoms with Gasteiger partial charge in [-0.05, 0) is 19.8 Å². The van der Waals surface area contributed by atoms with Crippen LogP contribution in [0.5, 0.6) is 0 Å². The van der Waals surface area contributed by atoms with Crippen LogP contribution in [-0.2, 0) is 9.53 Å². The van der Waals surface area contributed by atoms with Gasteiger partial charge in [0.1, 0.15) is 0 Å². The Bertz CT molecular complexity index is 110. The van der Waals surface area contributed by atoms with E-state index in [1.807, 2.05) is 13.8 Å². The van der Waals surface area contributed by atoms with Crippen molar-refractivity contribution in [2.24, 2.45) is 0 Å². The molecular formula is C9H16O2. The molecule has 0 saturated heterocycles. The lowest BCUT2D eigenvalue weighted by Crippen LogP contribution is -2.13. The van der Waals surface area contributed by atoms with Gasteiger partial charge in [-0.3, -0.25) is 4.79 Å². The molecule has 0 aromatic heterocycles. The Morgan fingerprint density at radius 1 is 1.73 bits per heavy atom. The lowest BCUT2D eigenvalue weighted by atomic mass is 10.2. The Kier molecular flexibility index (Phi) is 5.90. The summed E-state index contributed by atoms with van der Waals surface area (Å²) in [4.78, 5) is 10.9. The zero-order chi connectivity index (χ0) is 8.69. The average Bonchev–Trinajstić information content (AvgIpc) is 2.00. The van der Waals surface area contributed by atoms with Gasteiger partial charge in [-0.15, -0.1) is 0 Å². The van der Waals surface area contributed by atoms with Crippen LogP contribution in [0.4, 0.5) is 0 Å². The molecule has 2 nitrogen and oxygen atoms in total. The lowest BCUT2D eigenvalue weighted by molar-refractivity contribution is -0.144. The van der Waals surface area contributed by atoms with Gasteiger partial charge in [0.25, 0.3) is 0 Å².